The van der Waals surface area contributed by atoms with Gasteiger partial charge >= 0.3 is 11.5 Å². The standard InChI is InChI=1S/C27H23O/c1-18-13-14-19(2)26-22(18)15-16-23-24(20-9-5-3-6-10-20)17-25(28-27(23)26)21-11-7-4-8-12-21/h3-14,17H,15-16H2,1-2H3/q+1. The van der Waals surface area contributed by atoms with E-state index >= 15 is 0 Å². The smallest absolute Gasteiger partial charge is 0.206 e. The van der Waals surface area contributed by atoms with Crippen molar-refractivity contribution in [2.24, 2.45) is 0 Å². The predicted molar refractivity (Wildman–Crippen MR) is 116 cm³/mol. The molecule has 1 nitrogen and oxygen atoms in total. The molecule has 0 fully saturated rings. The molecule has 0 unspecified atom stereocenters. The van der Waals surface area contributed by atoms with Gasteiger partial charge in [0.2, 0.25) is 0 Å². The molecule has 1 aromatic heterocycles. The molecule has 28 heavy (non-hydrogen) atoms. The average molecular weight is 363 g/mol. The van der Waals surface area contributed by atoms with Crippen LogP contribution in [0.4, 0.5) is 0 Å². The molecule has 0 atom stereocenters. The van der Waals surface area contributed by atoms with Crippen molar-refractivity contribution < 1.29 is 4.42 Å². The molecule has 136 valence electrons. The predicted octanol–water partition coefficient (Wildman–Crippen LogP) is 7.28. The SMILES string of the molecule is Cc1ccc(C)c2c1CCc1c(-c3ccccc3)cc(-c3ccccc3)[o+]c1-2. The maximum absolute atomic E-state index is 6.61. The van der Waals surface area contributed by atoms with E-state index in [1.54, 1.807) is 0 Å². The highest BCUT2D eigenvalue weighted by Crippen LogP contribution is 2.44. The number of aryl methyl sites for hydroxylation is 2. The molecule has 1 aliphatic carbocycles. The molecule has 0 radical (unpaired) electrons. The molecule has 0 bridgehead atoms. The van der Waals surface area contributed by atoms with Crippen LogP contribution in [0.2, 0.25) is 0 Å². The second kappa shape index (κ2) is 6.76. The molecule has 1 heteroatoms. The molecular formula is C27H23O+. The quantitative estimate of drug-likeness (QED) is 0.341. The van der Waals surface area contributed by atoms with Gasteiger partial charge in [-0.2, -0.15) is 0 Å². The summed E-state index contributed by atoms with van der Waals surface area (Å²) in [6.07, 6.45) is 2.07. The van der Waals surface area contributed by atoms with E-state index in [1.165, 1.54) is 38.9 Å². The summed E-state index contributed by atoms with van der Waals surface area (Å²) < 4.78 is 6.61. The molecule has 0 amide bonds. The van der Waals surface area contributed by atoms with E-state index < -0.39 is 0 Å². The van der Waals surface area contributed by atoms with E-state index in [1.807, 2.05) is 6.07 Å². The zero-order valence-electron chi connectivity index (χ0n) is 16.3. The lowest BCUT2D eigenvalue weighted by molar-refractivity contribution is 0.568. The van der Waals surface area contributed by atoms with Crippen LogP contribution < -0.4 is 0 Å². The lowest BCUT2D eigenvalue weighted by atomic mass is 9.82. The Hall–Kier alpha value is -3.19. The first kappa shape index (κ1) is 16.9. The molecule has 1 aliphatic rings. The number of hydrogen-bond donors (Lipinski definition) is 0. The van der Waals surface area contributed by atoms with Gasteiger partial charge in [0.25, 0.3) is 0 Å². The van der Waals surface area contributed by atoms with Gasteiger partial charge in [-0.05, 0) is 61.1 Å². The lowest BCUT2D eigenvalue weighted by Gasteiger charge is -2.19. The van der Waals surface area contributed by atoms with Crippen molar-refractivity contribution in [1.82, 2.24) is 0 Å². The van der Waals surface area contributed by atoms with Crippen molar-refractivity contribution in [3.8, 4) is 33.8 Å². The fourth-order valence-corrected chi connectivity index (χ4v) is 4.37. The van der Waals surface area contributed by atoms with Crippen LogP contribution >= 0.6 is 0 Å². The van der Waals surface area contributed by atoms with Crippen LogP contribution in [0, 0.1) is 13.8 Å². The fraction of sp³-hybridized carbons (Fsp3) is 0.148. The number of benzene rings is 3. The molecule has 0 N–H and O–H groups in total. The van der Waals surface area contributed by atoms with E-state index in [2.05, 4.69) is 86.6 Å². The van der Waals surface area contributed by atoms with E-state index in [0.29, 0.717) is 0 Å². The van der Waals surface area contributed by atoms with Crippen LogP contribution in [0.25, 0.3) is 33.8 Å². The van der Waals surface area contributed by atoms with E-state index in [4.69, 9.17) is 4.42 Å². The van der Waals surface area contributed by atoms with Gasteiger partial charge in [0.1, 0.15) is 0 Å². The largest absolute Gasteiger partial charge is 0.365 e. The summed E-state index contributed by atoms with van der Waals surface area (Å²) in [4.78, 5) is 0. The third-order valence-corrected chi connectivity index (χ3v) is 5.84. The molecule has 3 aromatic carbocycles. The first-order chi connectivity index (χ1) is 13.7. The number of hydrogen-bond acceptors (Lipinski definition) is 0. The molecular weight excluding hydrogens is 340 g/mol. The first-order valence-corrected chi connectivity index (χ1v) is 9.92. The van der Waals surface area contributed by atoms with Crippen molar-refractivity contribution in [3.05, 3.63) is 101 Å². The van der Waals surface area contributed by atoms with Gasteiger partial charge in [0, 0.05) is 5.56 Å². The minimum Gasteiger partial charge on any atom is -0.206 e. The summed E-state index contributed by atoms with van der Waals surface area (Å²) in [6.45, 7) is 4.41. The molecule has 0 aliphatic heterocycles. The highest BCUT2D eigenvalue weighted by Gasteiger charge is 2.33. The van der Waals surface area contributed by atoms with Gasteiger partial charge in [0.05, 0.1) is 22.8 Å². The minimum absolute atomic E-state index is 0.923. The Morgan fingerprint density at radius 2 is 1.25 bits per heavy atom. The Labute approximate surface area is 166 Å². The van der Waals surface area contributed by atoms with Crippen molar-refractivity contribution in [1.29, 1.82) is 0 Å². The second-order valence-corrected chi connectivity index (χ2v) is 7.62. The van der Waals surface area contributed by atoms with Crippen LogP contribution in [-0.2, 0) is 12.8 Å². The monoisotopic (exact) mass is 363 g/mol. The molecule has 4 aromatic rings. The third-order valence-electron chi connectivity index (χ3n) is 5.84. The normalized spacial score (nSPS) is 12.4. The van der Waals surface area contributed by atoms with Gasteiger partial charge < -0.3 is 0 Å². The topological polar surface area (TPSA) is 11.3 Å². The Bertz CT molecular complexity index is 1160. The number of rotatable bonds is 2. The van der Waals surface area contributed by atoms with Gasteiger partial charge in [-0.3, -0.25) is 0 Å². The third kappa shape index (κ3) is 2.75. The summed E-state index contributed by atoms with van der Waals surface area (Å²) in [5, 5.41) is 0. The van der Waals surface area contributed by atoms with Crippen LogP contribution in [0.1, 0.15) is 22.3 Å². The zero-order valence-corrected chi connectivity index (χ0v) is 16.3. The summed E-state index contributed by atoms with van der Waals surface area (Å²) in [6, 6.07) is 27.8. The molecule has 1 heterocycles. The van der Waals surface area contributed by atoms with Gasteiger partial charge in [0.15, 0.2) is 0 Å². The van der Waals surface area contributed by atoms with E-state index in [9.17, 15) is 0 Å². The van der Waals surface area contributed by atoms with Crippen LogP contribution in [0.5, 0.6) is 0 Å². The Morgan fingerprint density at radius 1 is 0.643 bits per heavy atom. The fourth-order valence-electron chi connectivity index (χ4n) is 4.37. The molecule has 0 spiro atoms. The van der Waals surface area contributed by atoms with Crippen LogP contribution in [-0.4, -0.2) is 0 Å². The van der Waals surface area contributed by atoms with Gasteiger partial charge in [-0.25, -0.2) is 4.42 Å². The van der Waals surface area contributed by atoms with Crippen molar-refractivity contribution in [3.63, 3.8) is 0 Å². The van der Waals surface area contributed by atoms with Crippen LogP contribution in [0.15, 0.2) is 83.3 Å². The Balaban J connectivity index is 1.84. The highest BCUT2D eigenvalue weighted by molar-refractivity contribution is 5.83. The minimum atomic E-state index is 0.923. The van der Waals surface area contributed by atoms with Crippen LogP contribution in [0.3, 0.4) is 0 Å². The first-order valence-electron chi connectivity index (χ1n) is 9.92. The zero-order chi connectivity index (χ0) is 19.1. The average Bonchev–Trinajstić information content (AvgIpc) is 2.76. The molecule has 0 saturated carbocycles. The Kier molecular flexibility index (Phi) is 4.09. The lowest BCUT2D eigenvalue weighted by Crippen LogP contribution is -2.09. The van der Waals surface area contributed by atoms with Crippen molar-refractivity contribution >= 4 is 0 Å². The summed E-state index contributed by atoms with van der Waals surface area (Å²) >= 11 is 0. The molecule has 5 rings (SSSR count). The summed E-state index contributed by atoms with van der Waals surface area (Å²) in [5.41, 5.74) is 10.3. The maximum Gasteiger partial charge on any atom is 0.365 e. The summed E-state index contributed by atoms with van der Waals surface area (Å²) in [5.74, 6) is 1.97. The second-order valence-electron chi connectivity index (χ2n) is 7.62. The van der Waals surface area contributed by atoms with Crippen molar-refractivity contribution in [2.45, 2.75) is 26.7 Å². The summed E-state index contributed by atoms with van der Waals surface area (Å²) in [7, 11) is 0. The maximum atomic E-state index is 6.61. The van der Waals surface area contributed by atoms with Gasteiger partial charge in [-0.15, -0.1) is 0 Å². The van der Waals surface area contributed by atoms with E-state index in [0.717, 1.165) is 29.9 Å². The molecule has 0 saturated heterocycles. The van der Waals surface area contributed by atoms with E-state index in [-0.39, 0.29) is 0 Å². The number of fused-ring (bicyclic) bond motifs is 3. The van der Waals surface area contributed by atoms with Crippen molar-refractivity contribution in [2.75, 3.05) is 0 Å². The van der Waals surface area contributed by atoms with Gasteiger partial charge in [-0.1, -0.05) is 60.7 Å². The highest BCUT2D eigenvalue weighted by atomic mass is 16.3. The Morgan fingerprint density at radius 3 is 1.96 bits per heavy atom.